The van der Waals surface area contributed by atoms with Crippen molar-refractivity contribution in [3.63, 3.8) is 0 Å². The maximum atomic E-state index is 12.4. The van der Waals surface area contributed by atoms with E-state index in [-0.39, 0.29) is 5.57 Å². The normalized spacial score (nSPS) is 11.8. The number of nitrogens with zero attached hydrogens (tertiary/aromatic N) is 1. The fourth-order valence-electron chi connectivity index (χ4n) is 3.16. The van der Waals surface area contributed by atoms with Crippen LogP contribution in [-0.2, 0) is 32.3 Å². The van der Waals surface area contributed by atoms with E-state index in [0.29, 0.717) is 32.5 Å². The Morgan fingerprint density at radius 3 is 1.97 bits per heavy atom. The SMILES string of the molecule is C=C(CCCCCCOC(=O)C(C)ON(Cc1ccccc1)Cc1ccccc1)C(=O)[O-]. The number of benzene rings is 2. The summed E-state index contributed by atoms with van der Waals surface area (Å²) in [5.41, 5.74) is 2.30. The Morgan fingerprint density at radius 2 is 1.44 bits per heavy atom. The molecule has 1 atom stereocenters. The smallest absolute Gasteiger partial charge is 0.337 e. The first-order valence-electron chi connectivity index (χ1n) is 11.0. The molecule has 1 unspecified atom stereocenters. The Kier molecular flexibility index (Phi) is 11.2. The van der Waals surface area contributed by atoms with E-state index in [2.05, 4.69) is 6.58 Å². The molecule has 6 heteroatoms. The number of unbranched alkanes of at least 4 members (excludes halogenated alkanes) is 3. The van der Waals surface area contributed by atoms with E-state index < -0.39 is 18.0 Å². The lowest BCUT2D eigenvalue weighted by Crippen LogP contribution is -2.33. The predicted octanol–water partition coefficient (Wildman–Crippen LogP) is 3.81. The lowest BCUT2D eigenvalue weighted by atomic mass is 10.1. The summed E-state index contributed by atoms with van der Waals surface area (Å²) in [6.07, 6.45) is 2.83. The molecule has 0 aromatic heterocycles. The second-order valence-corrected chi connectivity index (χ2v) is 7.74. The number of carboxylic acids is 1. The molecule has 0 spiro atoms. The molecule has 2 rings (SSSR count). The van der Waals surface area contributed by atoms with Crippen LogP contribution in [0.5, 0.6) is 0 Å². The van der Waals surface area contributed by atoms with E-state index in [4.69, 9.17) is 9.57 Å². The number of aliphatic carboxylic acids is 1. The van der Waals surface area contributed by atoms with Crippen molar-refractivity contribution in [2.75, 3.05) is 6.61 Å². The second kappa shape index (κ2) is 14.2. The Hall–Kier alpha value is -2.96. The van der Waals surface area contributed by atoms with Crippen LogP contribution in [0.25, 0.3) is 0 Å². The highest BCUT2D eigenvalue weighted by Crippen LogP contribution is 2.13. The quantitative estimate of drug-likeness (QED) is 0.182. The van der Waals surface area contributed by atoms with Crippen LogP contribution in [-0.4, -0.2) is 29.7 Å². The minimum atomic E-state index is -1.19. The van der Waals surface area contributed by atoms with Gasteiger partial charge in [-0.2, -0.15) is 5.06 Å². The Bertz CT molecular complexity index is 796. The first kappa shape index (κ1) is 25.3. The van der Waals surface area contributed by atoms with Crippen LogP contribution in [0.15, 0.2) is 72.8 Å². The maximum Gasteiger partial charge on any atom is 0.337 e. The third-order valence-corrected chi connectivity index (χ3v) is 4.95. The van der Waals surface area contributed by atoms with Crippen LogP contribution in [0.1, 0.15) is 50.2 Å². The van der Waals surface area contributed by atoms with Gasteiger partial charge in [-0.15, -0.1) is 0 Å². The molecule has 0 radical (unpaired) electrons. The molecule has 0 saturated carbocycles. The van der Waals surface area contributed by atoms with E-state index in [1.54, 1.807) is 12.0 Å². The van der Waals surface area contributed by atoms with Crippen molar-refractivity contribution in [2.45, 2.75) is 58.2 Å². The van der Waals surface area contributed by atoms with Crippen LogP contribution >= 0.6 is 0 Å². The van der Waals surface area contributed by atoms with Gasteiger partial charge in [-0.05, 0) is 42.9 Å². The van der Waals surface area contributed by atoms with Gasteiger partial charge in [0.15, 0.2) is 6.10 Å². The molecule has 0 aliphatic heterocycles. The minimum absolute atomic E-state index is 0.123. The number of carbonyl (C=O) groups is 2. The zero-order valence-electron chi connectivity index (χ0n) is 18.7. The Balaban J connectivity index is 1.75. The van der Waals surface area contributed by atoms with Gasteiger partial charge in [0, 0.05) is 13.1 Å². The summed E-state index contributed by atoms with van der Waals surface area (Å²) in [6, 6.07) is 19.9. The summed E-state index contributed by atoms with van der Waals surface area (Å²) in [7, 11) is 0. The van der Waals surface area contributed by atoms with Crippen molar-refractivity contribution in [3.05, 3.63) is 83.9 Å². The lowest BCUT2D eigenvalue weighted by Gasteiger charge is -2.25. The average molecular weight is 439 g/mol. The van der Waals surface area contributed by atoms with Crippen molar-refractivity contribution in [1.29, 1.82) is 0 Å². The maximum absolute atomic E-state index is 12.4. The Morgan fingerprint density at radius 1 is 0.906 bits per heavy atom. The topological polar surface area (TPSA) is 78.9 Å². The van der Waals surface area contributed by atoms with Gasteiger partial charge in [0.1, 0.15) is 0 Å². The first-order chi connectivity index (χ1) is 15.5. The number of hydrogen-bond donors (Lipinski definition) is 0. The number of ether oxygens (including phenoxy) is 1. The van der Waals surface area contributed by atoms with Crippen molar-refractivity contribution in [1.82, 2.24) is 5.06 Å². The zero-order chi connectivity index (χ0) is 23.2. The van der Waals surface area contributed by atoms with E-state index in [1.807, 2.05) is 60.7 Å². The van der Waals surface area contributed by atoms with E-state index in [0.717, 1.165) is 30.4 Å². The summed E-state index contributed by atoms with van der Waals surface area (Å²) in [5.74, 6) is -1.59. The number of esters is 1. The highest BCUT2D eigenvalue weighted by Gasteiger charge is 2.20. The predicted molar refractivity (Wildman–Crippen MR) is 121 cm³/mol. The molecule has 0 amide bonds. The molecule has 0 aliphatic rings. The largest absolute Gasteiger partial charge is 0.545 e. The average Bonchev–Trinajstić information content (AvgIpc) is 2.79. The molecular weight excluding hydrogens is 406 g/mol. The van der Waals surface area contributed by atoms with Crippen molar-refractivity contribution >= 4 is 11.9 Å². The fraction of sp³-hybridized carbons (Fsp3) is 0.385. The fourth-order valence-corrected chi connectivity index (χ4v) is 3.16. The van der Waals surface area contributed by atoms with Gasteiger partial charge in [0.25, 0.3) is 0 Å². The monoisotopic (exact) mass is 438 g/mol. The highest BCUT2D eigenvalue weighted by molar-refractivity contribution is 5.83. The van der Waals surface area contributed by atoms with Crippen LogP contribution < -0.4 is 5.11 Å². The molecular formula is C26H32NO5-. The standard InChI is InChI=1S/C26H33NO5/c1-21(25(28)29)13-7-3-4-12-18-31-26(30)22(2)32-27(19-23-14-8-5-9-15-23)20-24-16-10-6-11-17-24/h5-6,8-11,14-17,22H,1,3-4,7,12-13,18-20H2,2H3,(H,28,29)/p-1. The van der Waals surface area contributed by atoms with Crippen LogP contribution in [0.2, 0.25) is 0 Å². The highest BCUT2D eigenvalue weighted by atomic mass is 16.7. The van der Waals surface area contributed by atoms with Gasteiger partial charge in [-0.1, -0.05) is 80.1 Å². The molecule has 2 aromatic rings. The van der Waals surface area contributed by atoms with Gasteiger partial charge in [-0.25, -0.2) is 4.79 Å². The summed E-state index contributed by atoms with van der Waals surface area (Å²) in [6.45, 7) is 6.55. The van der Waals surface area contributed by atoms with Gasteiger partial charge >= 0.3 is 5.97 Å². The molecule has 172 valence electrons. The minimum Gasteiger partial charge on any atom is -0.545 e. The molecule has 0 aliphatic carbocycles. The summed E-state index contributed by atoms with van der Waals surface area (Å²) >= 11 is 0. The van der Waals surface area contributed by atoms with Gasteiger partial charge in [0.05, 0.1) is 12.6 Å². The first-order valence-corrected chi connectivity index (χ1v) is 11.0. The molecule has 6 nitrogen and oxygen atoms in total. The van der Waals surface area contributed by atoms with E-state index in [1.165, 1.54) is 0 Å². The second-order valence-electron chi connectivity index (χ2n) is 7.74. The van der Waals surface area contributed by atoms with Crippen LogP contribution in [0.4, 0.5) is 0 Å². The third kappa shape index (κ3) is 9.90. The van der Waals surface area contributed by atoms with Crippen molar-refractivity contribution in [2.24, 2.45) is 0 Å². The third-order valence-electron chi connectivity index (χ3n) is 4.95. The van der Waals surface area contributed by atoms with Gasteiger partial charge in [-0.3, -0.25) is 4.84 Å². The zero-order valence-corrected chi connectivity index (χ0v) is 18.7. The molecule has 0 fully saturated rings. The molecule has 0 N–H and O–H groups in total. The van der Waals surface area contributed by atoms with Crippen LogP contribution in [0, 0.1) is 0 Å². The van der Waals surface area contributed by atoms with Crippen molar-refractivity contribution in [3.8, 4) is 0 Å². The number of hydroxylamine groups is 2. The molecule has 32 heavy (non-hydrogen) atoms. The van der Waals surface area contributed by atoms with Crippen molar-refractivity contribution < 1.29 is 24.3 Å². The van der Waals surface area contributed by atoms with Gasteiger partial charge < -0.3 is 14.6 Å². The van der Waals surface area contributed by atoms with E-state index >= 15 is 0 Å². The number of carboxylic acid groups (broad SMARTS) is 1. The number of carbonyl (C=O) groups excluding carboxylic acids is 2. The Labute approximate surface area is 190 Å². The number of hydrogen-bond acceptors (Lipinski definition) is 6. The van der Waals surface area contributed by atoms with Gasteiger partial charge in [0.2, 0.25) is 0 Å². The lowest BCUT2D eigenvalue weighted by molar-refractivity contribution is -0.299. The van der Waals surface area contributed by atoms with E-state index in [9.17, 15) is 14.7 Å². The van der Waals surface area contributed by atoms with Crippen LogP contribution in [0.3, 0.4) is 0 Å². The summed E-state index contributed by atoms with van der Waals surface area (Å²) in [4.78, 5) is 28.9. The molecule has 0 bridgehead atoms. The summed E-state index contributed by atoms with van der Waals surface area (Å²) < 4.78 is 5.36. The molecule has 2 aromatic carbocycles. The number of rotatable bonds is 15. The molecule has 0 saturated heterocycles. The summed E-state index contributed by atoms with van der Waals surface area (Å²) in [5, 5.41) is 12.4. The molecule has 0 heterocycles.